The van der Waals surface area contributed by atoms with E-state index in [1.165, 1.54) is 12.8 Å². The molecule has 1 unspecified atom stereocenters. The van der Waals surface area contributed by atoms with E-state index in [0.717, 1.165) is 24.5 Å². The van der Waals surface area contributed by atoms with Crippen molar-refractivity contribution in [1.29, 1.82) is 0 Å². The summed E-state index contributed by atoms with van der Waals surface area (Å²) in [6.45, 7) is 4.25. The maximum atomic E-state index is 11.5. The van der Waals surface area contributed by atoms with E-state index in [-0.39, 0.29) is 18.7 Å². The Morgan fingerprint density at radius 2 is 2.20 bits per heavy atom. The minimum absolute atomic E-state index is 0.0699. The molecule has 0 aromatic carbocycles. The number of hydrogen-bond acceptors (Lipinski definition) is 4. The number of urea groups is 1. The fourth-order valence-electron chi connectivity index (χ4n) is 2.16. The zero-order chi connectivity index (χ0) is 14.4. The molecule has 1 saturated heterocycles. The van der Waals surface area contributed by atoms with Crippen LogP contribution in [0.4, 0.5) is 10.6 Å². The lowest BCUT2D eigenvalue weighted by Crippen LogP contribution is -2.41. The van der Waals surface area contributed by atoms with Gasteiger partial charge in [0.15, 0.2) is 0 Å². The summed E-state index contributed by atoms with van der Waals surface area (Å²) in [6, 6.07) is 3.45. The second-order valence-corrected chi connectivity index (χ2v) is 5.13. The zero-order valence-electron chi connectivity index (χ0n) is 11.8. The minimum Gasteiger partial charge on any atom is -0.394 e. The van der Waals surface area contributed by atoms with E-state index in [2.05, 4.69) is 20.5 Å². The molecule has 0 spiro atoms. The Kier molecular flexibility index (Phi) is 5.17. The predicted octanol–water partition coefficient (Wildman–Crippen LogP) is 0.862. The molecule has 1 atom stereocenters. The number of carbonyl (C=O) groups excluding carboxylic acids is 1. The molecule has 2 amide bonds. The summed E-state index contributed by atoms with van der Waals surface area (Å²) in [5.41, 5.74) is 0.958. The molecule has 1 aliphatic heterocycles. The highest BCUT2D eigenvalue weighted by molar-refractivity contribution is 5.74. The Bertz CT molecular complexity index is 429. The van der Waals surface area contributed by atoms with E-state index in [0.29, 0.717) is 6.54 Å². The Morgan fingerprint density at radius 1 is 1.45 bits per heavy atom. The number of hydrogen-bond donors (Lipinski definition) is 3. The number of amides is 2. The largest absolute Gasteiger partial charge is 0.394 e. The third kappa shape index (κ3) is 4.09. The summed E-state index contributed by atoms with van der Waals surface area (Å²) in [4.78, 5) is 18.2. The fraction of sp³-hybridized carbons (Fsp3) is 0.571. The molecule has 6 heteroatoms. The zero-order valence-corrected chi connectivity index (χ0v) is 11.8. The average molecular weight is 278 g/mol. The first-order chi connectivity index (χ1) is 9.69. The van der Waals surface area contributed by atoms with Crippen LogP contribution in [-0.4, -0.2) is 41.9 Å². The van der Waals surface area contributed by atoms with Gasteiger partial charge in [0.25, 0.3) is 0 Å². The summed E-state index contributed by atoms with van der Waals surface area (Å²) in [7, 11) is 0. The van der Waals surface area contributed by atoms with Crippen molar-refractivity contribution >= 4 is 11.8 Å². The molecule has 110 valence electrons. The average Bonchev–Trinajstić information content (AvgIpc) is 2.99. The van der Waals surface area contributed by atoms with Gasteiger partial charge >= 0.3 is 6.03 Å². The lowest BCUT2D eigenvalue weighted by Gasteiger charge is -2.16. The molecule has 0 bridgehead atoms. The first-order valence-corrected chi connectivity index (χ1v) is 7.04. The standard InChI is InChI=1S/C14H22N4O2/c1-11(10-19)17-14(20)16-9-12-4-5-13(15-8-12)18-6-2-3-7-18/h4-5,8,11,19H,2-3,6-7,9-10H2,1H3,(H2,16,17,20). The molecule has 1 fully saturated rings. The molecule has 2 heterocycles. The Labute approximate surface area is 119 Å². The Morgan fingerprint density at radius 3 is 2.80 bits per heavy atom. The molecule has 1 aromatic rings. The number of rotatable bonds is 5. The normalized spacial score (nSPS) is 16.0. The van der Waals surface area contributed by atoms with Crippen molar-refractivity contribution in [3.8, 4) is 0 Å². The number of nitrogens with one attached hydrogen (secondary N) is 2. The molecule has 1 aliphatic rings. The molecular formula is C14H22N4O2. The molecule has 0 aliphatic carbocycles. The third-order valence-electron chi connectivity index (χ3n) is 3.34. The summed E-state index contributed by atoms with van der Waals surface area (Å²) >= 11 is 0. The fourth-order valence-corrected chi connectivity index (χ4v) is 2.16. The second kappa shape index (κ2) is 7.09. The Hall–Kier alpha value is -1.82. The van der Waals surface area contributed by atoms with Gasteiger partial charge < -0.3 is 20.6 Å². The highest BCUT2D eigenvalue weighted by Gasteiger charge is 2.13. The summed E-state index contributed by atoms with van der Waals surface area (Å²) < 4.78 is 0. The molecule has 20 heavy (non-hydrogen) atoms. The SMILES string of the molecule is CC(CO)NC(=O)NCc1ccc(N2CCCC2)nc1. The van der Waals surface area contributed by atoms with Gasteiger partial charge in [0.2, 0.25) is 0 Å². The lowest BCUT2D eigenvalue weighted by atomic mass is 10.3. The van der Waals surface area contributed by atoms with Crippen LogP contribution in [0, 0.1) is 0 Å². The van der Waals surface area contributed by atoms with Crippen molar-refractivity contribution in [2.24, 2.45) is 0 Å². The van der Waals surface area contributed by atoms with Crippen LogP contribution < -0.4 is 15.5 Å². The van der Waals surface area contributed by atoms with Gasteiger partial charge in [0.05, 0.1) is 12.6 Å². The van der Waals surface area contributed by atoms with Crippen LogP contribution >= 0.6 is 0 Å². The van der Waals surface area contributed by atoms with Crippen LogP contribution in [0.2, 0.25) is 0 Å². The maximum absolute atomic E-state index is 11.5. The first kappa shape index (κ1) is 14.6. The highest BCUT2D eigenvalue weighted by atomic mass is 16.3. The van der Waals surface area contributed by atoms with Gasteiger partial charge in [-0.15, -0.1) is 0 Å². The van der Waals surface area contributed by atoms with Gasteiger partial charge in [-0.3, -0.25) is 0 Å². The van der Waals surface area contributed by atoms with Crippen molar-refractivity contribution in [2.45, 2.75) is 32.4 Å². The van der Waals surface area contributed by atoms with E-state index in [1.54, 1.807) is 13.1 Å². The van der Waals surface area contributed by atoms with Gasteiger partial charge in [-0.1, -0.05) is 6.07 Å². The molecule has 0 saturated carbocycles. The Balaban J connectivity index is 1.80. The van der Waals surface area contributed by atoms with Crippen molar-refractivity contribution in [1.82, 2.24) is 15.6 Å². The number of anilines is 1. The van der Waals surface area contributed by atoms with Crippen molar-refractivity contribution in [2.75, 3.05) is 24.6 Å². The monoisotopic (exact) mass is 278 g/mol. The number of aliphatic hydroxyl groups is 1. The lowest BCUT2D eigenvalue weighted by molar-refractivity contribution is 0.220. The van der Waals surface area contributed by atoms with E-state index < -0.39 is 0 Å². The van der Waals surface area contributed by atoms with Gasteiger partial charge in [0, 0.05) is 25.8 Å². The quantitative estimate of drug-likeness (QED) is 0.746. The second-order valence-electron chi connectivity index (χ2n) is 5.13. The topological polar surface area (TPSA) is 77.5 Å². The number of carbonyl (C=O) groups is 1. The number of nitrogens with zero attached hydrogens (tertiary/aromatic N) is 2. The summed E-state index contributed by atoms with van der Waals surface area (Å²) in [5, 5.41) is 14.2. The highest BCUT2D eigenvalue weighted by Crippen LogP contribution is 2.17. The molecule has 2 rings (SSSR count). The molecule has 3 N–H and O–H groups in total. The van der Waals surface area contributed by atoms with E-state index in [9.17, 15) is 4.79 Å². The van der Waals surface area contributed by atoms with Crippen LogP contribution in [0.5, 0.6) is 0 Å². The van der Waals surface area contributed by atoms with Crippen LogP contribution in [0.25, 0.3) is 0 Å². The van der Waals surface area contributed by atoms with Crippen LogP contribution in [0.3, 0.4) is 0 Å². The first-order valence-electron chi connectivity index (χ1n) is 7.04. The van der Waals surface area contributed by atoms with Crippen LogP contribution in [0.1, 0.15) is 25.3 Å². The van der Waals surface area contributed by atoms with Crippen LogP contribution in [0.15, 0.2) is 18.3 Å². The predicted molar refractivity (Wildman–Crippen MR) is 77.6 cm³/mol. The van der Waals surface area contributed by atoms with Crippen molar-refractivity contribution in [3.63, 3.8) is 0 Å². The molecule has 1 aromatic heterocycles. The minimum atomic E-state index is -0.282. The number of aromatic nitrogens is 1. The maximum Gasteiger partial charge on any atom is 0.315 e. The summed E-state index contributed by atoms with van der Waals surface area (Å²) in [6.07, 6.45) is 4.26. The third-order valence-corrected chi connectivity index (χ3v) is 3.34. The molecular weight excluding hydrogens is 256 g/mol. The van der Waals surface area contributed by atoms with Crippen LogP contribution in [-0.2, 0) is 6.54 Å². The van der Waals surface area contributed by atoms with E-state index in [1.807, 2.05) is 12.1 Å². The smallest absolute Gasteiger partial charge is 0.315 e. The van der Waals surface area contributed by atoms with E-state index >= 15 is 0 Å². The summed E-state index contributed by atoms with van der Waals surface area (Å²) in [5.74, 6) is 1.00. The molecule has 6 nitrogen and oxygen atoms in total. The number of pyridine rings is 1. The van der Waals surface area contributed by atoms with Gasteiger partial charge in [0.1, 0.15) is 5.82 Å². The van der Waals surface area contributed by atoms with Crippen molar-refractivity contribution in [3.05, 3.63) is 23.9 Å². The van der Waals surface area contributed by atoms with Crippen molar-refractivity contribution < 1.29 is 9.90 Å². The van der Waals surface area contributed by atoms with Gasteiger partial charge in [-0.05, 0) is 31.4 Å². The van der Waals surface area contributed by atoms with Gasteiger partial charge in [-0.2, -0.15) is 0 Å². The number of aliphatic hydroxyl groups excluding tert-OH is 1. The van der Waals surface area contributed by atoms with Gasteiger partial charge in [-0.25, -0.2) is 9.78 Å². The van der Waals surface area contributed by atoms with E-state index in [4.69, 9.17) is 5.11 Å². The molecule has 0 radical (unpaired) electrons.